The van der Waals surface area contributed by atoms with Gasteiger partial charge in [-0.2, -0.15) is 10.2 Å². The third kappa shape index (κ3) is 7.66. The number of anilines is 4. The smallest absolute Gasteiger partial charge is 0.271 e. The number of methoxy groups -OCH3 is 1. The van der Waals surface area contributed by atoms with Crippen LogP contribution in [0.2, 0.25) is 0 Å². The van der Waals surface area contributed by atoms with Crippen molar-refractivity contribution in [1.82, 2.24) is 29.1 Å². The summed E-state index contributed by atoms with van der Waals surface area (Å²) >= 11 is 0. The van der Waals surface area contributed by atoms with Gasteiger partial charge in [0, 0.05) is 78.8 Å². The van der Waals surface area contributed by atoms with E-state index in [0.29, 0.717) is 29.0 Å². The summed E-state index contributed by atoms with van der Waals surface area (Å²) in [6, 6.07) is 18.7. The first-order chi connectivity index (χ1) is 25.1. The van der Waals surface area contributed by atoms with Gasteiger partial charge in [-0.05, 0) is 68.3 Å². The molecule has 0 unspecified atom stereocenters. The minimum Gasteiger partial charge on any atom is -0.383 e. The fraction of sp³-hybridized carbons (Fsp3) is 0.250. The summed E-state index contributed by atoms with van der Waals surface area (Å²) in [6.45, 7) is 11.1. The van der Waals surface area contributed by atoms with Gasteiger partial charge in [0.2, 0.25) is 0 Å². The van der Waals surface area contributed by atoms with E-state index >= 15 is 0 Å². The lowest BCUT2D eigenvalue weighted by molar-refractivity contribution is 0.188. The normalized spacial score (nSPS) is 10.8. The van der Waals surface area contributed by atoms with Crippen LogP contribution in [0.1, 0.15) is 30.5 Å². The number of aryl methyl sites for hydroxylation is 3. The van der Waals surface area contributed by atoms with E-state index in [2.05, 4.69) is 61.7 Å². The number of hydrogen-bond donors (Lipinski definition) is 3. The van der Waals surface area contributed by atoms with Crippen LogP contribution in [-0.4, -0.2) is 42.8 Å². The zero-order chi connectivity index (χ0) is 37.5. The van der Waals surface area contributed by atoms with Crippen LogP contribution in [0, 0.1) is 26.6 Å². The molecule has 7 aromatic rings. The molecule has 4 aromatic heterocycles. The molecular weight excluding hydrogens is 659 g/mol. The summed E-state index contributed by atoms with van der Waals surface area (Å²) < 4.78 is 24.3. The maximum absolute atomic E-state index is 14.3. The van der Waals surface area contributed by atoms with Crippen molar-refractivity contribution in [3.63, 3.8) is 0 Å². The fourth-order valence-electron chi connectivity index (χ4n) is 5.92. The summed E-state index contributed by atoms with van der Waals surface area (Å²) in [5.74, 6) is -0.279. The number of aromatic nitrogens is 6. The summed E-state index contributed by atoms with van der Waals surface area (Å²) in [4.78, 5) is 27.3. The first kappa shape index (κ1) is 37.3. The van der Waals surface area contributed by atoms with E-state index in [1.165, 1.54) is 15.4 Å². The number of fused-ring (bicyclic) bond motifs is 2. The number of halogens is 1. The molecule has 52 heavy (non-hydrogen) atoms. The van der Waals surface area contributed by atoms with Crippen LogP contribution in [0.15, 0.2) is 95.0 Å². The van der Waals surface area contributed by atoms with Gasteiger partial charge in [-0.3, -0.25) is 9.59 Å². The molecule has 3 N–H and O–H groups in total. The maximum atomic E-state index is 14.3. The van der Waals surface area contributed by atoms with E-state index < -0.39 is 0 Å². The summed E-state index contributed by atoms with van der Waals surface area (Å²) in [7, 11) is 4.97. The molecular formula is C40H45FN8O3. The van der Waals surface area contributed by atoms with Gasteiger partial charge in [0.1, 0.15) is 5.82 Å². The maximum Gasteiger partial charge on any atom is 0.271 e. The van der Waals surface area contributed by atoms with Crippen molar-refractivity contribution in [2.75, 3.05) is 24.4 Å². The number of nitrogens with zero attached hydrogens (tertiary/aromatic N) is 5. The summed E-state index contributed by atoms with van der Waals surface area (Å²) in [5, 5.41) is 16.8. The zero-order valence-electron chi connectivity index (χ0n) is 30.8. The van der Waals surface area contributed by atoms with Gasteiger partial charge in [0.25, 0.3) is 11.1 Å². The van der Waals surface area contributed by atoms with Crippen LogP contribution >= 0.6 is 0 Å². The summed E-state index contributed by atoms with van der Waals surface area (Å²) in [6.07, 6.45) is 7.18. The molecule has 0 saturated carbocycles. The second-order valence-corrected chi connectivity index (χ2v) is 12.1. The molecule has 0 spiro atoms. The minimum absolute atomic E-state index is 0.0949. The Bertz CT molecular complexity index is 2460. The average molecular weight is 705 g/mol. The van der Waals surface area contributed by atoms with Crippen LogP contribution in [0.5, 0.6) is 0 Å². The first-order valence-electron chi connectivity index (χ1n) is 17.1. The van der Waals surface area contributed by atoms with Crippen molar-refractivity contribution in [1.29, 1.82) is 0 Å². The van der Waals surface area contributed by atoms with Crippen LogP contribution in [0.25, 0.3) is 32.9 Å². The molecule has 4 heterocycles. The number of aromatic amines is 1. The number of ether oxygens (including phenoxy) is 1. The van der Waals surface area contributed by atoms with Crippen molar-refractivity contribution >= 4 is 44.6 Å². The monoisotopic (exact) mass is 704 g/mol. The van der Waals surface area contributed by atoms with E-state index in [1.54, 1.807) is 52.7 Å². The highest BCUT2D eigenvalue weighted by Gasteiger charge is 2.14. The van der Waals surface area contributed by atoms with E-state index in [1.807, 2.05) is 51.2 Å². The largest absolute Gasteiger partial charge is 0.383 e. The predicted octanol–water partition coefficient (Wildman–Crippen LogP) is 7.89. The van der Waals surface area contributed by atoms with Gasteiger partial charge < -0.3 is 24.9 Å². The lowest BCUT2D eigenvalue weighted by atomic mass is 10.00. The number of benzene rings is 3. The number of nitrogens with one attached hydrogen (secondary N) is 3. The number of hydrogen-bond acceptors (Lipinski definition) is 7. The van der Waals surface area contributed by atoms with Crippen LogP contribution in [0.3, 0.4) is 0 Å². The van der Waals surface area contributed by atoms with Gasteiger partial charge in [-0.25, -0.2) is 13.8 Å². The van der Waals surface area contributed by atoms with Crippen molar-refractivity contribution in [3.8, 4) is 11.1 Å². The third-order valence-electron chi connectivity index (χ3n) is 8.83. The minimum atomic E-state index is -0.279. The molecule has 0 fully saturated rings. The molecule has 11 nitrogen and oxygen atoms in total. The van der Waals surface area contributed by atoms with Gasteiger partial charge >= 0.3 is 0 Å². The van der Waals surface area contributed by atoms with E-state index in [-0.39, 0.29) is 16.9 Å². The first-order valence-corrected chi connectivity index (χ1v) is 17.1. The zero-order valence-corrected chi connectivity index (χ0v) is 30.8. The lowest BCUT2D eigenvalue weighted by Gasteiger charge is -2.14. The van der Waals surface area contributed by atoms with E-state index in [9.17, 15) is 14.0 Å². The molecule has 0 aliphatic heterocycles. The molecule has 0 aliphatic carbocycles. The Kier molecular flexibility index (Phi) is 11.7. The lowest BCUT2D eigenvalue weighted by Crippen LogP contribution is -2.22. The Labute approximate surface area is 301 Å². The van der Waals surface area contributed by atoms with Crippen molar-refractivity contribution in [2.24, 2.45) is 14.1 Å². The van der Waals surface area contributed by atoms with Crippen molar-refractivity contribution in [3.05, 3.63) is 129 Å². The highest BCUT2D eigenvalue weighted by molar-refractivity contribution is 5.98. The van der Waals surface area contributed by atoms with Crippen LogP contribution in [-0.2, 0) is 25.4 Å². The fourth-order valence-corrected chi connectivity index (χ4v) is 5.92. The van der Waals surface area contributed by atoms with Gasteiger partial charge in [0.15, 0.2) is 0 Å². The van der Waals surface area contributed by atoms with E-state index in [4.69, 9.17) is 4.74 Å². The third-order valence-corrected chi connectivity index (χ3v) is 8.83. The molecule has 270 valence electrons. The second kappa shape index (κ2) is 16.3. The Morgan fingerprint density at radius 2 is 1.46 bits per heavy atom. The second-order valence-electron chi connectivity index (χ2n) is 12.1. The molecule has 7 rings (SSSR count). The summed E-state index contributed by atoms with van der Waals surface area (Å²) in [5.41, 5.74) is 8.51. The van der Waals surface area contributed by atoms with Gasteiger partial charge in [0.05, 0.1) is 41.6 Å². The quantitative estimate of drug-likeness (QED) is 0.147. The van der Waals surface area contributed by atoms with E-state index in [0.717, 1.165) is 56.5 Å². The highest BCUT2D eigenvalue weighted by Crippen LogP contribution is 2.34. The van der Waals surface area contributed by atoms with Gasteiger partial charge in [-0.1, -0.05) is 38.1 Å². The SMILES string of the molecule is CC.COCCn1ccc2c(Nc3cnn(C)c(=O)c3C)c(C)ccc21.Cc1c(Nc2cc(-c3ccccc3F)c3cc[nH]c3c2)cnn(C)c1=O. The van der Waals surface area contributed by atoms with Crippen molar-refractivity contribution in [2.45, 2.75) is 41.2 Å². The Balaban J connectivity index is 0.000000193. The Hall–Kier alpha value is -6.01. The molecule has 0 atom stereocenters. The highest BCUT2D eigenvalue weighted by atomic mass is 19.1. The predicted molar refractivity (Wildman–Crippen MR) is 209 cm³/mol. The van der Waals surface area contributed by atoms with Crippen LogP contribution < -0.4 is 21.8 Å². The number of H-pyrrole nitrogens is 1. The average Bonchev–Trinajstić information content (AvgIpc) is 3.80. The molecule has 0 aliphatic rings. The molecule has 3 aromatic carbocycles. The van der Waals surface area contributed by atoms with Gasteiger partial charge in [-0.15, -0.1) is 0 Å². The molecule has 0 amide bonds. The topological polar surface area (TPSA) is 124 Å². The number of rotatable bonds is 8. The Morgan fingerprint density at radius 1 is 0.808 bits per heavy atom. The van der Waals surface area contributed by atoms with Crippen molar-refractivity contribution < 1.29 is 9.13 Å². The standard InChI is InChI=1S/C20H17FN4O.C18H22N4O2.C2H6/c1-12-19(11-23-25(2)20(12)26)24-13-9-16(14-5-3-4-6-17(14)21)15-7-8-22-18(15)10-13;1-12-5-6-16-14(7-8-22(16)9-10-24-4)17(12)20-15-11-19-21(3)18(23)13(15)2;1-2/h3-11,22,24H,1-2H3;5-8,11,20H,9-10H2,1-4H3;1-2H3. The molecule has 0 saturated heterocycles. The molecule has 12 heteroatoms. The van der Waals surface area contributed by atoms with Crippen LogP contribution in [0.4, 0.5) is 27.1 Å². The Morgan fingerprint density at radius 3 is 2.12 bits per heavy atom. The molecule has 0 bridgehead atoms. The molecule has 0 radical (unpaired) electrons.